The Morgan fingerprint density at radius 2 is 1.94 bits per heavy atom. The van der Waals surface area contributed by atoms with Gasteiger partial charge in [-0.05, 0) is 29.3 Å². The summed E-state index contributed by atoms with van der Waals surface area (Å²) < 4.78 is 4.51. The van der Waals surface area contributed by atoms with Crippen molar-refractivity contribution in [2.45, 2.75) is 0 Å². The van der Waals surface area contributed by atoms with Crippen LogP contribution in [0.2, 0.25) is 0 Å². The van der Waals surface area contributed by atoms with Gasteiger partial charge in [-0.3, -0.25) is 5.32 Å². The topological polar surface area (TPSA) is 38.3 Å². The molecule has 17 heavy (non-hydrogen) atoms. The number of hydrogen-bond acceptors (Lipinski definition) is 2. The normalized spacial score (nSPS) is 9.71. The lowest BCUT2D eigenvalue weighted by molar-refractivity contribution is 0.187. The second-order valence-corrected chi connectivity index (χ2v) is 3.47. The molecule has 0 aliphatic rings. The molecule has 3 heteroatoms. The molecule has 0 aromatic heterocycles. The molecule has 0 bridgehead atoms. The molecule has 85 valence electrons. The number of carbonyl (C=O) groups is 1. The highest BCUT2D eigenvalue weighted by molar-refractivity contribution is 5.84. The third-order valence-electron chi connectivity index (χ3n) is 2.34. The van der Waals surface area contributed by atoms with E-state index in [2.05, 4.69) is 16.1 Å². The molecular weight excluding hydrogens is 214 g/mol. The minimum absolute atomic E-state index is 0.468. The van der Waals surface area contributed by atoms with Crippen LogP contribution in [-0.2, 0) is 4.74 Å². The Labute approximate surface area is 100 Å². The van der Waals surface area contributed by atoms with Gasteiger partial charge in [0.25, 0.3) is 0 Å². The molecule has 0 atom stereocenters. The summed E-state index contributed by atoms with van der Waals surface area (Å²) in [6.45, 7) is 0. The van der Waals surface area contributed by atoms with Crippen LogP contribution in [0.25, 0.3) is 11.1 Å². The average molecular weight is 226 g/mol. The van der Waals surface area contributed by atoms with Gasteiger partial charge in [-0.2, -0.15) is 0 Å². The van der Waals surface area contributed by atoms with Crippen molar-refractivity contribution in [3.05, 3.63) is 54.6 Å². The fourth-order valence-corrected chi connectivity index (χ4v) is 1.47. The smallest absolute Gasteiger partial charge is 0.411 e. The quantitative estimate of drug-likeness (QED) is 0.852. The predicted octanol–water partition coefficient (Wildman–Crippen LogP) is 3.33. The number of benzene rings is 2. The maximum Gasteiger partial charge on any atom is 0.411 e. The van der Waals surface area contributed by atoms with E-state index in [0.717, 1.165) is 11.1 Å². The van der Waals surface area contributed by atoms with Gasteiger partial charge < -0.3 is 4.74 Å². The van der Waals surface area contributed by atoms with E-state index in [0.29, 0.717) is 5.69 Å². The molecule has 2 aromatic carbocycles. The SMILES string of the molecule is COC(=O)Nc1ccc(-c2[c]cccc2)cc1. The fraction of sp³-hybridized carbons (Fsp3) is 0.0714. The number of rotatable bonds is 2. The van der Waals surface area contributed by atoms with Crippen molar-refractivity contribution in [1.82, 2.24) is 0 Å². The van der Waals surface area contributed by atoms with Gasteiger partial charge in [0, 0.05) is 5.69 Å². The first-order valence-corrected chi connectivity index (χ1v) is 5.22. The lowest BCUT2D eigenvalue weighted by Crippen LogP contribution is -2.10. The summed E-state index contributed by atoms with van der Waals surface area (Å²) >= 11 is 0. The number of ether oxygens (including phenoxy) is 1. The summed E-state index contributed by atoms with van der Waals surface area (Å²) in [5.74, 6) is 0. The largest absolute Gasteiger partial charge is 0.453 e. The van der Waals surface area contributed by atoms with E-state index in [-0.39, 0.29) is 0 Å². The second-order valence-electron chi connectivity index (χ2n) is 3.47. The first-order chi connectivity index (χ1) is 8.29. The van der Waals surface area contributed by atoms with Gasteiger partial charge in [-0.25, -0.2) is 4.79 Å². The highest BCUT2D eigenvalue weighted by atomic mass is 16.5. The van der Waals surface area contributed by atoms with Gasteiger partial charge in [-0.1, -0.05) is 36.4 Å². The van der Waals surface area contributed by atoms with Gasteiger partial charge in [0.05, 0.1) is 7.11 Å². The number of methoxy groups -OCH3 is 1. The minimum atomic E-state index is -0.468. The van der Waals surface area contributed by atoms with Crippen LogP contribution in [0, 0.1) is 6.07 Å². The zero-order valence-electron chi connectivity index (χ0n) is 9.44. The van der Waals surface area contributed by atoms with Crippen LogP contribution in [0.15, 0.2) is 48.5 Å². The Balaban J connectivity index is 2.16. The summed E-state index contributed by atoms with van der Waals surface area (Å²) in [7, 11) is 1.34. The Hall–Kier alpha value is -2.29. The molecule has 0 fully saturated rings. The molecule has 0 heterocycles. The third-order valence-corrected chi connectivity index (χ3v) is 2.34. The molecule has 1 N–H and O–H groups in total. The molecule has 0 saturated carbocycles. The number of carbonyl (C=O) groups excluding carboxylic acids is 1. The van der Waals surface area contributed by atoms with Gasteiger partial charge in [0.1, 0.15) is 0 Å². The lowest BCUT2D eigenvalue weighted by Gasteiger charge is -2.05. The van der Waals surface area contributed by atoms with Crippen molar-refractivity contribution in [1.29, 1.82) is 0 Å². The van der Waals surface area contributed by atoms with Crippen molar-refractivity contribution >= 4 is 11.8 Å². The van der Waals surface area contributed by atoms with Crippen LogP contribution in [0.4, 0.5) is 10.5 Å². The monoisotopic (exact) mass is 226 g/mol. The lowest BCUT2D eigenvalue weighted by atomic mass is 10.1. The third kappa shape index (κ3) is 2.84. The molecule has 0 aliphatic carbocycles. The molecule has 0 unspecified atom stereocenters. The van der Waals surface area contributed by atoms with Crippen molar-refractivity contribution in [3.63, 3.8) is 0 Å². The van der Waals surface area contributed by atoms with Gasteiger partial charge in [0.15, 0.2) is 0 Å². The molecule has 1 radical (unpaired) electrons. The van der Waals surface area contributed by atoms with Crippen molar-refractivity contribution in [2.24, 2.45) is 0 Å². The van der Waals surface area contributed by atoms with Crippen molar-refractivity contribution in [2.75, 3.05) is 12.4 Å². The molecular formula is C14H12NO2. The number of anilines is 1. The average Bonchev–Trinajstić information content (AvgIpc) is 2.40. The molecule has 0 spiro atoms. The Morgan fingerprint density at radius 1 is 1.18 bits per heavy atom. The van der Waals surface area contributed by atoms with Crippen LogP contribution in [-0.4, -0.2) is 13.2 Å². The van der Waals surface area contributed by atoms with Gasteiger partial charge in [-0.15, -0.1) is 0 Å². The molecule has 2 aromatic rings. The predicted molar refractivity (Wildman–Crippen MR) is 66.7 cm³/mol. The van der Waals surface area contributed by atoms with Gasteiger partial charge in [0.2, 0.25) is 0 Å². The fourth-order valence-electron chi connectivity index (χ4n) is 1.47. The highest BCUT2D eigenvalue weighted by Gasteiger charge is 2.01. The summed E-state index contributed by atoms with van der Waals surface area (Å²) in [6, 6.07) is 18.4. The van der Waals surface area contributed by atoms with Crippen molar-refractivity contribution in [3.8, 4) is 11.1 Å². The van der Waals surface area contributed by atoms with Gasteiger partial charge >= 0.3 is 6.09 Å². The first-order valence-electron chi connectivity index (χ1n) is 5.22. The van der Waals surface area contributed by atoms with Crippen LogP contribution in [0.1, 0.15) is 0 Å². The molecule has 0 aliphatic heterocycles. The zero-order valence-corrected chi connectivity index (χ0v) is 9.44. The zero-order chi connectivity index (χ0) is 12.1. The van der Waals surface area contributed by atoms with Crippen molar-refractivity contribution < 1.29 is 9.53 Å². The Morgan fingerprint density at radius 3 is 2.53 bits per heavy atom. The minimum Gasteiger partial charge on any atom is -0.453 e. The van der Waals surface area contributed by atoms with Crippen LogP contribution in [0.3, 0.4) is 0 Å². The maximum atomic E-state index is 11.0. The Bertz CT molecular complexity index is 491. The summed E-state index contributed by atoms with van der Waals surface area (Å²) in [4.78, 5) is 11.0. The summed E-state index contributed by atoms with van der Waals surface area (Å²) in [6.07, 6.45) is -0.468. The van der Waals surface area contributed by atoms with E-state index < -0.39 is 6.09 Å². The summed E-state index contributed by atoms with van der Waals surface area (Å²) in [5, 5.41) is 2.60. The maximum absolute atomic E-state index is 11.0. The van der Waals surface area contributed by atoms with E-state index >= 15 is 0 Å². The van der Waals surface area contributed by atoms with E-state index in [9.17, 15) is 4.79 Å². The van der Waals surface area contributed by atoms with E-state index in [1.54, 1.807) is 0 Å². The van der Waals surface area contributed by atoms with Crippen LogP contribution < -0.4 is 5.32 Å². The molecule has 3 nitrogen and oxygen atoms in total. The molecule has 2 rings (SSSR count). The van der Waals surface area contributed by atoms with E-state index in [1.807, 2.05) is 48.5 Å². The van der Waals surface area contributed by atoms with E-state index in [1.165, 1.54) is 7.11 Å². The van der Waals surface area contributed by atoms with Crippen LogP contribution in [0.5, 0.6) is 0 Å². The summed E-state index contributed by atoms with van der Waals surface area (Å²) in [5.41, 5.74) is 2.79. The Kier molecular flexibility index (Phi) is 3.40. The molecule has 1 amide bonds. The first kappa shape index (κ1) is 11.2. The number of amides is 1. The highest BCUT2D eigenvalue weighted by Crippen LogP contribution is 2.20. The van der Waals surface area contributed by atoms with Crippen LogP contribution >= 0.6 is 0 Å². The van der Waals surface area contributed by atoms with E-state index in [4.69, 9.17) is 0 Å². The standard InChI is InChI=1S/C14H12NO2/c1-17-14(16)15-13-9-7-12(8-10-13)11-5-3-2-4-6-11/h2-5,7-10H,1H3,(H,15,16). The number of nitrogens with one attached hydrogen (secondary N) is 1. The second kappa shape index (κ2) is 5.16. The number of hydrogen-bond donors (Lipinski definition) is 1. The molecule has 0 saturated heterocycles.